The first kappa shape index (κ1) is 16.4. The Hall–Kier alpha value is -0.630. The highest BCUT2D eigenvalue weighted by Gasteiger charge is 2.29. The summed E-state index contributed by atoms with van der Waals surface area (Å²) in [6.07, 6.45) is 2.13. The highest BCUT2D eigenvalue weighted by Crippen LogP contribution is 2.17. The predicted molar refractivity (Wildman–Crippen MR) is 80.1 cm³/mol. The molecule has 1 N–H and O–H groups in total. The van der Waals surface area contributed by atoms with Gasteiger partial charge in [-0.3, -0.25) is 10.2 Å². The van der Waals surface area contributed by atoms with E-state index in [-0.39, 0.29) is 0 Å². The van der Waals surface area contributed by atoms with Crippen LogP contribution in [0.15, 0.2) is 0 Å². The van der Waals surface area contributed by atoms with E-state index in [9.17, 15) is 5.26 Å². The number of rotatable bonds is 7. The average Bonchev–Trinajstić information content (AvgIpc) is 2.40. The monoisotopic (exact) mass is 266 g/mol. The van der Waals surface area contributed by atoms with E-state index in [1.54, 1.807) is 0 Å². The molecule has 0 saturated carbocycles. The van der Waals surface area contributed by atoms with Gasteiger partial charge in [0.15, 0.2) is 0 Å². The highest BCUT2D eigenvalue weighted by molar-refractivity contribution is 5.05. The van der Waals surface area contributed by atoms with E-state index in [2.05, 4.69) is 42.0 Å². The molecule has 0 spiro atoms. The van der Waals surface area contributed by atoms with Gasteiger partial charge in [0.1, 0.15) is 5.54 Å². The minimum atomic E-state index is -0.394. The summed E-state index contributed by atoms with van der Waals surface area (Å²) in [5.41, 5.74) is -0.394. The zero-order valence-corrected chi connectivity index (χ0v) is 13.1. The lowest BCUT2D eigenvalue weighted by Crippen LogP contribution is -2.53. The molecule has 0 aromatic heterocycles. The molecule has 1 saturated heterocycles. The van der Waals surface area contributed by atoms with Gasteiger partial charge in [0.25, 0.3) is 0 Å². The number of nitrogens with zero attached hydrogens (tertiary/aromatic N) is 3. The molecule has 0 bridgehead atoms. The lowest BCUT2D eigenvalue weighted by molar-refractivity contribution is 0.0908. The molecule has 4 heteroatoms. The number of piperazine rings is 1. The van der Waals surface area contributed by atoms with Crippen LogP contribution in [0.25, 0.3) is 0 Å². The first-order valence-electron chi connectivity index (χ1n) is 7.67. The van der Waals surface area contributed by atoms with Gasteiger partial charge in [-0.15, -0.1) is 0 Å². The van der Waals surface area contributed by atoms with E-state index >= 15 is 0 Å². The van der Waals surface area contributed by atoms with Crippen molar-refractivity contribution in [2.45, 2.75) is 52.1 Å². The lowest BCUT2D eigenvalue weighted by atomic mass is 9.94. The van der Waals surface area contributed by atoms with Crippen molar-refractivity contribution in [3.8, 4) is 6.07 Å². The molecule has 4 nitrogen and oxygen atoms in total. The maximum Gasteiger partial charge on any atom is 0.105 e. The van der Waals surface area contributed by atoms with E-state index in [0.717, 1.165) is 26.1 Å². The van der Waals surface area contributed by atoms with Gasteiger partial charge in [0.05, 0.1) is 6.07 Å². The zero-order valence-electron chi connectivity index (χ0n) is 13.1. The van der Waals surface area contributed by atoms with Crippen molar-refractivity contribution in [3.05, 3.63) is 0 Å². The molecule has 2 unspecified atom stereocenters. The van der Waals surface area contributed by atoms with Crippen LogP contribution >= 0.6 is 0 Å². The number of nitrogens with one attached hydrogen (secondary N) is 1. The van der Waals surface area contributed by atoms with E-state index in [4.69, 9.17) is 0 Å². The van der Waals surface area contributed by atoms with Crippen LogP contribution in [-0.2, 0) is 0 Å². The Morgan fingerprint density at radius 2 is 1.89 bits per heavy atom. The molecule has 1 heterocycles. The number of hydrogen-bond acceptors (Lipinski definition) is 4. The van der Waals surface area contributed by atoms with Crippen molar-refractivity contribution < 1.29 is 0 Å². The van der Waals surface area contributed by atoms with Gasteiger partial charge in [-0.2, -0.15) is 5.26 Å². The van der Waals surface area contributed by atoms with Crippen LogP contribution in [0, 0.1) is 11.3 Å². The molecular weight excluding hydrogens is 236 g/mol. The fraction of sp³-hybridized carbons (Fsp3) is 0.933. The summed E-state index contributed by atoms with van der Waals surface area (Å²) < 4.78 is 0. The SMILES string of the molecule is CCCN1CCN(C(C)CC(C)(C#N)NCC)CC1. The number of hydrogen-bond donors (Lipinski definition) is 1. The molecule has 110 valence electrons. The second-order valence-electron chi connectivity index (χ2n) is 5.90. The molecule has 1 fully saturated rings. The first-order valence-corrected chi connectivity index (χ1v) is 7.67. The Bertz CT molecular complexity index is 291. The predicted octanol–water partition coefficient (Wildman–Crippen LogP) is 1.68. The molecule has 1 rings (SSSR count). The van der Waals surface area contributed by atoms with Crippen molar-refractivity contribution in [2.75, 3.05) is 39.3 Å². The van der Waals surface area contributed by atoms with Crippen LogP contribution < -0.4 is 5.32 Å². The molecule has 1 aliphatic rings. The topological polar surface area (TPSA) is 42.3 Å². The van der Waals surface area contributed by atoms with Gasteiger partial charge in [0.2, 0.25) is 0 Å². The third-order valence-electron chi connectivity index (χ3n) is 4.09. The summed E-state index contributed by atoms with van der Waals surface area (Å²) >= 11 is 0. The second kappa shape index (κ2) is 7.84. The molecule has 19 heavy (non-hydrogen) atoms. The zero-order chi connectivity index (χ0) is 14.3. The van der Waals surface area contributed by atoms with Crippen molar-refractivity contribution in [1.29, 1.82) is 5.26 Å². The molecule has 0 aromatic carbocycles. The van der Waals surface area contributed by atoms with Crippen molar-refractivity contribution in [3.63, 3.8) is 0 Å². The minimum absolute atomic E-state index is 0.394. The smallest absolute Gasteiger partial charge is 0.105 e. The lowest BCUT2D eigenvalue weighted by Gasteiger charge is -2.40. The Labute approximate surface area is 118 Å². The summed E-state index contributed by atoms with van der Waals surface area (Å²) in [5.74, 6) is 0. The molecule has 0 aliphatic carbocycles. The molecule has 0 amide bonds. The van der Waals surface area contributed by atoms with Crippen molar-refractivity contribution in [2.24, 2.45) is 0 Å². The van der Waals surface area contributed by atoms with E-state index in [0.29, 0.717) is 6.04 Å². The third kappa shape index (κ3) is 5.10. The minimum Gasteiger partial charge on any atom is -0.301 e. The Morgan fingerprint density at radius 3 is 2.37 bits per heavy atom. The molecule has 2 atom stereocenters. The fourth-order valence-electron chi connectivity index (χ4n) is 3.01. The third-order valence-corrected chi connectivity index (χ3v) is 4.09. The van der Waals surface area contributed by atoms with Gasteiger partial charge in [-0.05, 0) is 39.8 Å². The van der Waals surface area contributed by atoms with Crippen LogP contribution in [0.4, 0.5) is 0 Å². The van der Waals surface area contributed by atoms with Gasteiger partial charge >= 0.3 is 0 Å². The standard InChI is InChI=1S/C15H30N4/c1-5-7-18-8-10-19(11-9-18)14(3)12-15(4,13-16)17-6-2/h14,17H,5-12H2,1-4H3. The maximum atomic E-state index is 9.34. The summed E-state index contributed by atoms with van der Waals surface area (Å²) in [6.45, 7) is 15.2. The van der Waals surface area contributed by atoms with E-state index < -0.39 is 5.54 Å². The molecule has 0 aromatic rings. The Morgan fingerprint density at radius 1 is 1.26 bits per heavy atom. The molecule has 0 radical (unpaired) electrons. The number of nitriles is 1. The van der Waals surface area contributed by atoms with Crippen LogP contribution in [-0.4, -0.2) is 60.6 Å². The van der Waals surface area contributed by atoms with Gasteiger partial charge in [0, 0.05) is 32.2 Å². The Kier molecular flexibility index (Phi) is 6.78. The van der Waals surface area contributed by atoms with Gasteiger partial charge < -0.3 is 4.90 Å². The summed E-state index contributed by atoms with van der Waals surface area (Å²) in [6, 6.07) is 2.90. The average molecular weight is 266 g/mol. The summed E-state index contributed by atoms with van der Waals surface area (Å²) in [4.78, 5) is 5.07. The molecular formula is C15H30N4. The van der Waals surface area contributed by atoms with E-state index in [1.165, 1.54) is 26.1 Å². The maximum absolute atomic E-state index is 9.34. The van der Waals surface area contributed by atoms with Crippen molar-refractivity contribution >= 4 is 0 Å². The largest absolute Gasteiger partial charge is 0.301 e. The summed E-state index contributed by atoms with van der Waals surface area (Å²) in [7, 11) is 0. The van der Waals surface area contributed by atoms with Crippen LogP contribution in [0.2, 0.25) is 0 Å². The van der Waals surface area contributed by atoms with Crippen LogP contribution in [0.5, 0.6) is 0 Å². The quantitative estimate of drug-likeness (QED) is 0.761. The van der Waals surface area contributed by atoms with Crippen LogP contribution in [0.3, 0.4) is 0 Å². The van der Waals surface area contributed by atoms with Gasteiger partial charge in [-0.25, -0.2) is 0 Å². The first-order chi connectivity index (χ1) is 9.04. The van der Waals surface area contributed by atoms with Crippen molar-refractivity contribution in [1.82, 2.24) is 15.1 Å². The Balaban J connectivity index is 2.42. The van der Waals surface area contributed by atoms with Crippen LogP contribution in [0.1, 0.15) is 40.5 Å². The molecule has 1 aliphatic heterocycles. The summed E-state index contributed by atoms with van der Waals surface area (Å²) in [5, 5.41) is 12.6. The normalized spacial score (nSPS) is 22.7. The second-order valence-corrected chi connectivity index (χ2v) is 5.90. The van der Waals surface area contributed by atoms with Gasteiger partial charge in [-0.1, -0.05) is 13.8 Å². The van der Waals surface area contributed by atoms with E-state index in [1.807, 2.05) is 6.92 Å². The fourth-order valence-corrected chi connectivity index (χ4v) is 3.01. The highest BCUT2D eigenvalue weighted by atomic mass is 15.3.